The SMILES string of the molecule is COc1cc(C=O)c(OC)c2c(OCc3ccccc3)ccc(OCc3ccccc3)c12. The molecule has 0 saturated heterocycles. The number of hydrogen-bond donors (Lipinski definition) is 0. The van der Waals surface area contributed by atoms with Crippen LogP contribution in [-0.4, -0.2) is 20.5 Å². The summed E-state index contributed by atoms with van der Waals surface area (Å²) in [7, 11) is 3.10. The zero-order chi connectivity index (χ0) is 22.3. The van der Waals surface area contributed by atoms with E-state index in [0.29, 0.717) is 52.5 Å². The second-order valence-electron chi connectivity index (χ2n) is 7.18. The van der Waals surface area contributed by atoms with Crippen LogP contribution in [0.15, 0.2) is 78.9 Å². The Morgan fingerprint density at radius 2 is 1.19 bits per heavy atom. The van der Waals surface area contributed by atoms with E-state index in [1.807, 2.05) is 72.8 Å². The molecule has 0 fully saturated rings. The van der Waals surface area contributed by atoms with E-state index in [2.05, 4.69) is 0 Å². The van der Waals surface area contributed by atoms with Crippen molar-refractivity contribution >= 4 is 17.1 Å². The first-order valence-electron chi connectivity index (χ1n) is 10.3. The van der Waals surface area contributed by atoms with Crippen LogP contribution in [0.3, 0.4) is 0 Å². The Kier molecular flexibility index (Phi) is 6.56. The van der Waals surface area contributed by atoms with E-state index in [1.54, 1.807) is 13.2 Å². The van der Waals surface area contributed by atoms with E-state index in [0.717, 1.165) is 17.4 Å². The second-order valence-corrected chi connectivity index (χ2v) is 7.18. The molecular formula is C27H24O5. The third-order valence-electron chi connectivity index (χ3n) is 5.18. The van der Waals surface area contributed by atoms with E-state index < -0.39 is 0 Å². The number of benzene rings is 4. The molecule has 5 heteroatoms. The summed E-state index contributed by atoms with van der Waals surface area (Å²) in [6.45, 7) is 0.762. The second kappa shape index (κ2) is 9.88. The monoisotopic (exact) mass is 428 g/mol. The average molecular weight is 428 g/mol. The molecule has 162 valence electrons. The van der Waals surface area contributed by atoms with Gasteiger partial charge < -0.3 is 18.9 Å². The van der Waals surface area contributed by atoms with Crippen molar-refractivity contribution in [2.24, 2.45) is 0 Å². The van der Waals surface area contributed by atoms with Gasteiger partial charge in [0.25, 0.3) is 0 Å². The summed E-state index contributed by atoms with van der Waals surface area (Å²) in [6.07, 6.45) is 0.749. The standard InChI is InChI=1S/C27H24O5/c1-29-24-15-21(16-28)27(30-2)26-23(32-18-20-11-7-4-8-12-20)14-13-22(25(24)26)31-17-19-9-5-3-6-10-19/h3-16H,17-18H2,1-2H3. The molecule has 0 N–H and O–H groups in total. The van der Waals surface area contributed by atoms with E-state index >= 15 is 0 Å². The first-order chi connectivity index (χ1) is 15.7. The van der Waals surface area contributed by atoms with Crippen molar-refractivity contribution in [3.05, 3.63) is 95.6 Å². The summed E-state index contributed by atoms with van der Waals surface area (Å²) in [5.41, 5.74) is 2.45. The van der Waals surface area contributed by atoms with Gasteiger partial charge in [-0.05, 0) is 29.3 Å². The molecule has 0 aliphatic heterocycles. The molecule has 0 unspecified atom stereocenters. The Bertz CT molecular complexity index is 1200. The molecule has 0 saturated carbocycles. The van der Waals surface area contributed by atoms with Crippen molar-refractivity contribution in [1.82, 2.24) is 0 Å². The molecule has 0 aliphatic rings. The zero-order valence-corrected chi connectivity index (χ0v) is 18.0. The number of carbonyl (C=O) groups excluding carboxylic acids is 1. The van der Waals surface area contributed by atoms with Gasteiger partial charge in [-0.25, -0.2) is 0 Å². The molecule has 32 heavy (non-hydrogen) atoms. The number of ether oxygens (including phenoxy) is 4. The van der Waals surface area contributed by atoms with Gasteiger partial charge in [-0.15, -0.1) is 0 Å². The molecule has 5 nitrogen and oxygen atoms in total. The van der Waals surface area contributed by atoms with Crippen LogP contribution in [0, 0.1) is 0 Å². The minimum absolute atomic E-state index is 0.372. The predicted molar refractivity (Wildman–Crippen MR) is 124 cm³/mol. The molecule has 0 bridgehead atoms. The fraction of sp³-hybridized carbons (Fsp3) is 0.148. The average Bonchev–Trinajstić information content (AvgIpc) is 2.86. The first-order valence-corrected chi connectivity index (χ1v) is 10.3. The van der Waals surface area contributed by atoms with Crippen molar-refractivity contribution in [3.63, 3.8) is 0 Å². The van der Waals surface area contributed by atoms with Crippen LogP contribution in [0.25, 0.3) is 10.8 Å². The van der Waals surface area contributed by atoms with Crippen molar-refractivity contribution in [2.75, 3.05) is 14.2 Å². The minimum Gasteiger partial charge on any atom is -0.496 e. The largest absolute Gasteiger partial charge is 0.496 e. The molecule has 0 aliphatic carbocycles. The smallest absolute Gasteiger partial charge is 0.153 e. The van der Waals surface area contributed by atoms with Gasteiger partial charge in [0.15, 0.2) is 6.29 Å². The molecule has 0 radical (unpaired) electrons. The summed E-state index contributed by atoms with van der Waals surface area (Å²) in [5.74, 6) is 2.12. The third-order valence-corrected chi connectivity index (χ3v) is 5.18. The maximum absolute atomic E-state index is 11.8. The van der Waals surface area contributed by atoms with Gasteiger partial charge in [-0.2, -0.15) is 0 Å². The van der Waals surface area contributed by atoms with Crippen molar-refractivity contribution in [3.8, 4) is 23.0 Å². The fourth-order valence-electron chi connectivity index (χ4n) is 3.64. The van der Waals surface area contributed by atoms with Crippen LogP contribution in [0.4, 0.5) is 0 Å². The van der Waals surface area contributed by atoms with Gasteiger partial charge in [0, 0.05) is 0 Å². The highest BCUT2D eigenvalue weighted by molar-refractivity contribution is 6.06. The number of carbonyl (C=O) groups is 1. The van der Waals surface area contributed by atoms with Crippen LogP contribution < -0.4 is 18.9 Å². The highest BCUT2D eigenvalue weighted by atomic mass is 16.5. The summed E-state index contributed by atoms with van der Waals surface area (Å²) in [6, 6.07) is 25.1. The molecule has 4 aromatic rings. The van der Waals surface area contributed by atoms with E-state index in [4.69, 9.17) is 18.9 Å². The molecule has 0 spiro atoms. The van der Waals surface area contributed by atoms with Crippen LogP contribution in [-0.2, 0) is 13.2 Å². The normalized spacial score (nSPS) is 10.6. The number of methoxy groups -OCH3 is 2. The maximum Gasteiger partial charge on any atom is 0.153 e. The van der Waals surface area contributed by atoms with E-state index in [9.17, 15) is 4.79 Å². The van der Waals surface area contributed by atoms with Crippen LogP contribution in [0.5, 0.6) is 23.0 Å². The molecule has 0 aromatic heterocycles. The predicted octanol–water partition coefficient (Wildman–Crippen LogP) is 5.83. The molecular weight excluding hydrogens is 404 g/mol. The Labute approximate surface area is 187 Å². The first kappa shape index (κ1) is 21.2. The van der Waals surface area contributed by atoms with Crippen molar-refractivity contribution < 1.29 is 23.7 Å². The third kappa shape index (κ3) is 4.37. The Balaban J connectivity index is 1.81. The highest BCUT2D eigenvalue weighted by Crippen LogP contribution is 2.46. The van der Waals surface area contributed by atoms with Gasteiger partial charge in [-0.1, -0.05) is 60.7 Å². The highest BCUT2D eigenvalue weighted by Gasteiger charge is 2.21. The Hall–Kier alpha value is -3.99. The van der Waals surface area contributed by atoms with Gasteiger partial charge >= 0.3 is 0 Å². The lowest BCUT2D eigenvalue weighted by molar-refractivity contribution is 0.112. The van der Waals surface area contributed by atoms with Crippen LogP contribution in [0.1, 0.15) is 21.5 Å². The lowest BCUT2D eigenvalue weighted by atomic mass is 10.0. The lowest BCUT2D eigenvalue weighted by Crippen LogP contribution is -2.02. The molecule has 4 aromatic carbocycles. The summed E-state index contributed by atoms with van der Waals surface area (Å²) in [4.78, 5) is 11.8. The van der Waals surface area contributed by atoms with E-state index in [1.165, 1.54) is 7.11 Å². The lowest BCUT2D eigenvalue weighted by Gasteiger charge is -2.19. The Morgan fingerprint density at radius 1 is 0.656 bits per heavy atom. The molecule has 4 rings (SSSR count). The molecule has 0 amide bonds. The minimum atomic E-state index is 0.372. The summed E-state index contributed by atoms with van der Waals surface area (Å²) < 4.78 is 23.6. The van der Waals surface area contributed by atoms with Crippen LogP contribution >= 0.6 is 0 Å². The van der Waals surface area contributed by atoms with Gasteiger partial charge in [0.05, 0.1) is 30.6 Å². The summed E-state index contributed by atoms with van der Waals surface area (Å²) >= 11 is 0. The quantitative estimate of drug-likeness (QED) is 0.314. The summed E-state index contributed by atoms with van der Waals surface area (Å²) in [5, 5.41) is 1.33. The van der Waals surface area contributed by atoms with Gasteiger partial charge in [-0.3, -0.25) is 4.79 Å². The van der Waals surface area contributed by atoms with Crippen LogP contribution in [0.2, 0.25) is 0 Å². The number of rotatable bonds is 9. The number of fused-ring (bicyclic) bond motifs is 1. The maximum atomic E-state index is 11.8. The Morgan fingerprint density at radius 3 is 1.66 bits per heavy atom. The number of hydrogen-bond acceptors (Lipinski definition) is 5. The fourth-order valence-corrected chi connectivity index (χ4v) is 3.64. The zero-order valence-electron chi connectivity index (χ0n) is 18.0. The number of aldehydes is 1. The van der Waals surface area contributed by atoms with Crippen molar-refractivity contribution in [1.29, 1.82) is 0 Å². The topological polar surface area (TPSA) is 54.0 Å². The van der Waals surface area contributed by atoms with E-state index in [-0.39, 0.29) is 0 Å². The molecule has 0 atom stereocenters. The molecule has 0 heterocycles. The van der Waals surface area contributed by atoms with Crippen molar-refractivity contribution in [2.45, 2.75) is 13.2 Å². The van der Waals surface area contributed by atoms with Gasteiger partial charge in [0.1, 0.15) is 36.2 Å². The van der Waals surface area contributed by atoms with Gasteiger partial charge in [0.2, 0.25) is 0 Å².